The second-order valence-electron chi connectivity index (χ2n) is 6.83. The van der Waals surface area contributed by atoms with Crippen molar-refractivity contribution in [2.45, 2.75) is 40.5 Å². The van der Waals surface area contributed by atoms with Crippen LogP contribution in [-0.2, 0) is 36.5 Å². The van der Waals surface area contributed by atoms with Crippen molar-refractivity contribution in [3.63, 3.8) is 0 Å². The van der Waals surface area contributed by atoms with Gasteiger partial charge in [-0.1, -0.05) is 6.42 Å². The van der Waals surface area contributed by atoms with Gasteiger partial charge in [0.2, 0.25) is 10.0 Å². The van der Waals surface area contributed by atoms with Gasteiger partial charge in [0.05, 0.1) is 29.1 Å². The van der Waals surface area contributed by atoms with E-state index >= 15 is 0 Å². The molecule has 0 saturated heterocycles. The Hall–Kier alpha value is -1.93. The van der Waals surface area contributed by atoms with Crippen LogP contribution in [0.25, 0.3) is 0 Å². The van der Waals surface area contributed by atoms with Gasteiger partial charge in [0.15, 0.2) is 9.84 Å². The molecule has 0 aliphatic heterocycles. The number of hydrogen-bond acceptors (Lipinski definition) is 8. The maximum absolute atomic E-state index is 12.9. The van der Waals surface area contributed by atoms with Crippen LogP contribution in [-0.4, -0.2) is 35.6 Å². The van der Waals surface area contributed by atoms with E-state index in [1.807, 2.05) is 0 Å². The number of nitrogens with two attached hydrogens (primary N) is 1. The Morgan fingerprint density at radius 1 is 1.07 bits per heavy atom. The summed E-state index contributed by atoms with van der Waals surface area (Å²) in [7, 11) is -13.6. The summed E-state index contributed by atoms with van der Waals surface area (Å²) in [6, 6.07) is 4.62. The van der Waals surface area contributed by atoms with Crippen LogP contribution in [0.3, 0.4) is 0 Å². The molecule has 1 aliphatic rings. The lowest BCUT2D eigenvalue weighted by molar-refractivity contribution is 0.347. The number of primary sulfonamides is 1. The van der Waals surface area contributed by atoms with Crippen LogP contribution in [0.5, 0.6) is 0 Å². The van der Waals surface area contributed by atoms with E-state index in [2.05, 4.69) is 5.32 Å². The summed E-state index contributed by atoms with van der Waals surface area (Å²) in [4.78, 5) is -2.30. The molecule has 1 aromatic heterocycles. The summed E-state index contributed by atoms with van der Waals surface area (Å²) < 4.78 is 88.0. The van der Waals surface area contributed by atoms with E-state index in [0.29, 0.717) is 24.7 Å². The van der Waals surface area contributed by atoms with Crippen LogP contribution >= 0.6 is 0 Å². The summed E-state index contributed by atoms with van der Waals surface area (Å²) in [5.74, 6) is 0.0213. The highest BCUT2D eigenvalue weighted by Crippen LogP contribution is 2.35. The average molecular weight is 465 g/mol. The molecule has 1 fully saturated rings. The van der Waals surface area contributed by atoms with E-state index in [1.54, 1.807) is 12.1 Å². The first kappa shape index (κ1) is 21.8. The molecule has 1 aliphatic carbocycles. The van der Waals surface area contributed by atoms with Crippen molar-refractivity contribution in [1.29, 1.82) is 0 Å². The molecule has 1 saturated carbocycles. The highest BCUT2D eigenvalue weighted by atomic mass is 32.2. The Balaban J connectivity index is 2.15. The summed E-state index contributed by atoms with van der Waals surface area (Å²) in [6.07, 6.45) is 3.69. The zero-order valence-corrected chi connectivity index (χ0v) is 17.6. The Bertz CT molecular complexity index is 1210. The number of furan rings is 1. The Morgan fingerprint density at radius 3 is 2.24 bits per heavy atom. The minimum atomic E-state index is -4.89. The Labute approximate surface area is 168 Å². The molecule has 2 aromatic rings. The monoisotopic (exact) mass is 464 g/mol. The first-order chi connectivity index (χ1) is 13.4. The first-order valence-electron chi connectivity index (χ1n) is 8.55. The maximum Gasteiger partial charge on any atom is 0.296 e. The third kappa shape index (κ3) is 4.98. The molecule has 13 heteroatoms. The second kappa shape index (κ2) is 7.72. The largest absolute Gasteiger partial charge is 0.467 e. The molecule has 29 heavy (non-hydrogen) atoms. The quantitative estimate of drug-likeness (QED) is 0.487. The molecule has 0 spiro atoms. The first-order valence-corrected chi connectivity index (χ1v) is 13.2. The van der Waals surface area contributed by atoms with Gasteiger partial charge in [-0.2, -0.15) is 8.42 Å². The van der Waals surface area contributed by atoms with Crippen LogP contribution in [0.4, 0.5) is 5.69 Å². The minimum Gasteiger partial charge on any atom is -0.467 e. The van der Waals surface area contributed by atoms with Crippen molar-refractivity contribution in [3.05, 3.63) is 36.3 Å². The number of anilines is 1. The molecule has 0 radical (unpaired) electrons. The lowest BCUT2D eigenvalue weighted by atomic mass is 9.87. The van der Waals surface area contributed by atoms with Gasteiger partial charge in [-0.3, -0.25) is 4.55 Å². The van der Waals surface area contributed by atoms with Crippen LogP contribution in [0.2, 0.25) is 0 Å². The van der Waals surface area contributed by atoms with E-state index in [9.17, 15) is 29.8 Å². The molecule has 1 heterocycles. The minimum absolute atomic E-state index is 0.0354. The lowest BCUT2D eigenvalue weighted by Crippen LogP contribution is -2.25. The van der Waals surface area contributed by atoms with Crippen molar-refractivity contribution in [3.8, 4) is 0 Å². The predicted molar refractivity (Wildman–Crippen MR) is 103 cm³/mol. The van der Waals surface area contributed by atoms with Gasteiger partial charge in [-0.25, -0.2) is 22.0 Å². The molecule has 0 amide bonds. The Morgan fingerprint density at radius 2 is 1.76 bits per heavy atom. The molecular weight excluding hydrogens is 444 g/mol. The predicted octanol–water partition coefficient (Wildman–Crippen LogP) is 1.36. The number of sulfone groups is 1. The van der Waals surface area contributed by atoms with Gasteiger partial charge < -0.3 is 9.73 Å². The molecule has 0 bridgehead atoms. The normalized spacial score (nSPS) is 15.8. The summed E-state index contributed by atoms with van der Waals surface area (Å²) in [6.45, 7) is -0.0354. The van der Waals surface area contributed by atoms with Crippen molar-refractivity contribution in [1.82, 2.24) is 0 Å². The van der Waals surface area contributed by atoms with Crippen LogP contribution in [0, 0.1) is 5.92 Å². The van der Waals surface area contributed by atoms with E-state index in [0.717, 1.165) is 12.5 Å². The lowest BCUT2D eigenvalue weighted by Gasteiger charge is -2.25. The fraction of sp³-hybridized carbons (Fsp3) is 0.375. The van der Waals surface area contributed by atoms with Crippen molar-refractivity contribution >= 4 is 35.7 Å². The zero-order valence-electron chi connectivity index (χ0n) is 15.1. The number of rotatable bonds is 8. The zero-order chi connectivity index (χ0) is 21.4. The van der Waals surface area contributed by atoms with E-state index < -0.39 is 44.7 Å². The summed E-state index contributed by atoms with van der Waals surface area (Å²) in [5, 5.41) is 7.80. The SMILES string of the molecule is NS(=O)(=O)c1cc(S(=O)(=O)O)c(NCc2ccco2)cc1S(=O)(=O)CC1CCC1. The van der Waals surface area contributed by atoms with E-state index in [1.165, 1.54) is 6.26 Å². The van der Waals surface area contributed by atoms with Crippen molar-refractivity contribution in [2.24, 2.45) is 11.1 Å². The third-order valence-electron chi connectivity index (χ3n) is 4.68. The summed E-state index contributed by atoms with van der Waals surface area (Å²) in [5.41, 5.74) is -0.288. The highest BCUT2D eigenvalue weighted by Gasteiger charge is 2.33. The van der Waals surface area contributed by atoms with Gasteiger partial charge in [0, 0.05) is 0 Å². The van der Waals surface area contributed by atoms with E-state index in [-0.39, 0.29) is 23.9 Å². The Kier molecular flexibility index (Phi) is 5.80. The molecular formula is C16H20N2O8S3. The van der Waals surface area contributed by atoms with Gasteiger partial charge in [0.25, 0.3) is 10.1 Å². The molecule has 1 aromatic carbocycles. The number of sulfonamides is 1. The number of nitrogens with one attached hydrogen (secondary N) is 1. The molecule has 0 atom stereocenters. The number of benzene rings is 1. The maximum atomic E-state index is 12.9. The molecule has 4 N–H and O–H groups in total. The fourth-order valence-corrected chi connectivity index (χ4v) is 6.91. The molecule has 160 valence electrons. The van der Waals surface area contributed by atoms with E-state index in [4.69, 9.17) is 9.56 Å². The second-order valence-corrected chi connectivity index (χ2v) is 11.7. The topological polar surface area (TPSA) is 174 Å². The van der Waals surface area contributed by atoms with Crippen LogP contribution in [0.1, 0.15) is 25.0 Å². The average Bonchev–Trinajstić information content (AvgIpc) is 3.07. The molecule has 3 rings (SSSR count). The third-order valence-corrected chi connectivity index (χ3v) is 8.57. The smallest absolute Gasteiger partial charge is 0.296 e. The number of hydrogen-bond donors (Lipinski definition) is 3. The molecule has 10 nitrogen and oxygen atoms in total. The van der Waals surface area contributed by atoms with Crippen LogP contribution < -0.4 is 10.5 Å². The summed E-state index contributed by atoms with van der Waals surface area (Å²) >= 11 is 0. The van der Waals surface area contributed by atoms with Crippen molar-refractivity contribution in [2.75, 3.05) is 11.1 Å². The standard InChI is InChI=1S/C16H20N2O8S3/c17-28(21,22)16-8-14(29(23,24)25)13(18-9-12-5-2-6-26-12)7-15(16)27(19,20)10-11-3-1-4-11/h2,5-8,11,18H,1,3-4,9-10H2,(H2,17,21,22)(H,23,24,25). The van der Waals surface area contributed by atoms with Gasteiger partial charge >= 0.3 is 0 Å². The van der Waals surface area contributed by atoms with Gasteiger partial charge in [-0.05, 0) is 43.0 Å². The molecule has 0 unspecified atom stereocenters. The van der Waals surface area contributed by atoms with Crippen molar-refractivity contribution < 1.29 is 34.2 Å². The fourth-order valence-electron chi connectivity index (χ4n) is 3.01. The van der Waals surface area contributed by atoms with Gasteiger partial charge in [-0.15, -0.1) is 0 Å². The van der Waals surface area contributed by atoms with Crippen LogP contribution in [0.15, 0.2) is 49.6 Å². The highest BCUT2D eigenvalue weighted by molar-refractivity contribution is 7.93. The van der Waals surface area contributed by atoms with Gasteiger partial charge in [0.1, 0.15) is 15.6 Å².